The summed E-state index contributed by atoms with van der Waals surface area (Å²) < 4.78 is 6.52. The van der Waals surface area contributed by atoms with E-state index in [1.807, 2.05) is 19.2 Å². The Morgan fingerprint density at radius 1 is 1.40 bits per heavy atom. The maximum atomic E-state index is 12.1. The molecule has 0 aliphatic carbocycles. The summed E-state index contributed by atoms with van der Waals surface area (Å²) in [5.41, 5.74) is 2.16. The van der Waals surface area contributed by atoms with Crippen molar-refractivity contribution in [2.24, 2.45) is 7.05 Å². The van der Waals surface area contributed by atoms with Crippen LogP contribution in [0.4, 0.5) is 0 Å². The molecule has 1 aromatic carbocycles. The summed E-state index contributed by atoms with van der Waals surface area (Å²) in [4.78, 5) is 25.3. The van der Waals surface area contributed by atoms with Crippen molar-refractivity contribution in [3.63, 3.8) is 0 Å². The molecule has 0 aliphatic heterocycles. The fourth-order valence-corrected chi connectivity index (χ4v) is 2.11. The van der Waals surface area contributed by atoms with Gasteiger partial charge in [-0.3, -0.25) is 9.36 Å². The number of carbonyl (C=O) groups is 1. The summed E-state index contributed by atoms with van der Waals surface area (Å²) in [6, 6.07) is 5.41. The number of aromatic nitrogens is 1. The van der Waals surface area contributed by atoms with E-state index in [1.165, 1.54) is 4.57 Å². The normalized spacial score (nSPS) is 10.9. The SMILES string of the molecule is CCCCN(C)C(=O)Cc1ccc2oc(=O)n(C)c2c1. The van der Waals surface area contributed by atoms with Crippen molar-refractivity contribution in [3.05, 3.63) is 34.3 Å². The second-order valence-corrected chi connectivity index (χ2v) is 5.07. The number of hydrogen-bond donors (Lipinski definition) is 0. The zero-order valence-electron chi connectivity index (χ0n) is 12.2. The molecule has 5 heteroatoms. The molecule has 0 atom stereocenters. The highest BCUT2D eigenvalue weighted by molar-refractivity contribution is 5.81. The molecule has 108 valence electrons. The maximum Gasteiger partial charge on any atom is 0.419 e. The van der Waals surface area contributed by atoms with E-state index in [9.17, 15) is 9.59 Å². The molecule has 1 heterocycles. The summed E-state index contributed by atoms with van der Waals surface area (Å²) in [7, 11) is 3.48. The fourth-order valence-electron chi connectivity index (χ4n) is 2.11. The van der Waals surface area contributed by atoms with Crippen LogP contribution < -0.4 is 5.76 Å². The molecule has 0 N–H and O–H groups in total. The van der Waals surface area contributed by atoms with Gasteiger partial charge in [0.25, 0.3) is 0 Å². The first-order valence-electron chi connectivity index (χ1n) is 6.85. The Morgan fingerprint density at radius 2 is 2.15 bits per heavy atom. The van der Waals surface area contributed by atoms with Crippen LogP contribution in [0, 0.1) is 0 Å². The fraction of sp³-hybridized carbons (Fsp3) is 0.467. The maximum absolute atomic E-state index is 12.1. The summed E-state index contributed by atoms with van der Waals surface area (Å²) in [5.74, 6) is -0.296. The van der Waals surface area contributed by atoms with Crippen LogP contribution >= 0.6 is 0 Å². The van der Waals surface area contributed by atoms with Crippen LogP contribution in [0.25, 0.3) is 11.1 Å². The molecule has 1 amide bonds. The monoisotopic (exact) mass is 276 g/mol. The number of benzene rings is 1. The van der Waals surface area contributed by atoms with Crippen LogP contribution in [0.3, 0.4) is 0 Å². The number of unbranched alkanes of at least 4 members (excludes halogenated alkanes) is 1. The number of aryl methyl sites for hydroxylation is 1. The van der Waals surface area contributed by atoms with Crippen molar-refractivity contribution in [3.8, 4) is 0 Å². The van der Waals surface area contributed by atoms with E-state index in [-0.39, 0.29) is 11.7 Å². The quantitative estimate of drug-likeness (QED) is 0.838. The average Bonchev–Trinajstić information content (AvgIpc) is 2.71. The van der Waals surface area contributed by atoms with Crippen LogP contribution in [0.1, 0.15) is 25.3 Å². The standard InChI is InChI=1S/C15H20N2O3/c1-4-5-8-16(2)14(18)10-11-6-7-13-12(9-11)17(3)15(19)20-13/h6-7,9H,4-5,8,10H2,1-3H3. The first-order valence-corrected chi connectivity index (χ1v) is 6.85. The minimum absolute atomic E-state index is 0.0892. The lowest BCUT2D eigenvalue weighted by Gasteiger charge is -2.16. The van der Waals surface area contributed by atoms with Gasteiger partial charge in [0.15, 0.2) is 5.58 Å². The molecule has 0 saturated heterocycles. The number of hydrogen-bond acceptors (Lipinski definition) is 3. The minimum Gasteiger partial charge on any atom is -0.408 e. The van der Waals surface area contributed by atoms with Crippen molar-refractivity contribution < 1.29 is 9.21 Å². The van der Waals surface area contributed by atoms with Gasteiger partial charge in [-0.1, -0.05) is 19.4 Å². The van der Waals surface area contributed by atoms with Crippen molar-refractivity contribution in [2.45, 2.75) is 26.2 Å². The first-order chi connectivity index (χ1) is 9.52. The van der Waals surface area contributed by atoms with E-state index in [2.05, 4.69) is 6.92 Å². The summed E-state index contributed by atoms with van der Waals surface area (Å²) in [5, 5.41) is 0. The van der Waals surface area contributed by atoms with Gasteiger partial charge in [0.05, 0.1) is 11.9 Å². The second kappa shape index (κ2) is 5.94. The number of rotatable bonds is 5. The molecule has 0 spiro atoms. The van der Waals surface area contributed by atoms with Crippen LogP contribution in [0.5, 0.6) is 0 Å². The molecule has 2 rings (SSSR count). The highest BCUT2D eigenvalue weighted by Crippen LogP contribution is 2.15. The van der Waals surface area contributed by atoms with E-state index >= 15 is 0 Å². The van der Waals surface area contributed by atoms with Gasteiger partial charge in [-0.25, -0.2) is 4.79 Å². The predicted octanol–water partition coefficient (Wildman–Crippen LogP) is 1.93. The largest absolute Gasteiger partial charge is 0.419 e. The molecule has 5 nitrogen and oxygen atoms in total. The van der Waals surface area contributed by atoms with Crippen molar-refractivity contribution >= 4 is 17.0 Å². The molecule has 1 aromatic heterocycles. The van der Waals surface area contributed by atoms with Crippen LogP contribution in [-0.4, -0.2) is 29.0 Å². The van der Waals surface area contributed by atoms with E-state index in [1.54, 1.807) is 18.0 Å². The third-order valence-electron chi connectivity index (χ3n) is 3.48. The molecule has 0 fully saturated rings. The van der Waals surface area contributed by atoms with E-state index < -0.39 is 0 Å². The Bertz CT molecular complexity index is 669. The first kappa shape index (κ1) is 14.4. The van der Waals surface area contributed by atoms with E-state index in [0.29, 0.717) is 12.0 Å². The lowest BCUT2D eigenvalue weighted by molar-refractivity contribution is -0.129. The van der Waals surface area contributed by atoms with Gasteiger partial charge in [-0.2, -0.15) is 0 Å². The predicted molar refractivity (Wildman–Crippen MR) is 77.7 cm³/mol. The van der Waals surface area contributed by atoms with Gasteiger partial charge in [0.1, 0.15) is 0 Å². The molecular weight excluding hydrogens is 256 g/mol. The van der Waals surface area contributed by atoms with Crippen molar-refractivity contribution in [1.82, 2.24) is 9.47 Å². The third-order valence-corrected chi connectivity index (χ3v) is 3.48. The summed E-state index contributed by atoms with van der Waals surface area (Å²) in [6.45, 7) is 2.88. The van der Waals surface area contributed by atoms with Crippen LogP contribution in [0.15, 0.2) is 27.4 Å². The Kier molecular flexibility index (Phi) is 4.27. The second-order valence-electron chi connectivity index (χ2n) is 5.07. The lowest BCUT2D eigenvalue weighted by atomic mass is 10.1. The number of amides is 1. The molecular formula is C15H20N2O3. The highest BCUT2D eigenvalue weighted by atomic mass is 16.4. The van der Waals surface area contributed by atoms with Gasteiger partial charge in [-0.05, 0) is 24.1 Å². The Hall–Kier alpha value is -2.04. The van der Waals surface area contributed by atoms with Gasteiger partial charge in [-0.15, -0.1) is 0 Å². The van der Waals surface area contributed by atoms with E-state index in [4.69, 9.17) is 4.42 Å². The highest BCUT2D eigenvalue weighted by Gasteiger charge is 2.11. The van der Waals surface area contributed by atoms with E-state index in [0.717, 1.165) is 30.5 Å². The Labute approximate surface area is 117 Å². The molecule has 0 aliphatic rings. The minimum atomic E-state index is -0.386. The Morgan fingerprint density at radius 3 is 2.85 bits per heavy atom. The molecule has 0 radical (unpaired) electrons. The summed E-state index contributed by atoms with van der Waals surface area (Å²) >= 11 is 0. The smallest absolute Gasteiger partial charge is 0.408 e. The third kappa shape index (κ3) is 2.92. The van der Waals surface area contributed by atoms with Gasteiger partial charge >= 0.3 is 5.76 Å². The topological polar surface area (TPSA) is 55.5 Å². The van der Waals surface area contributed by atoms with Crippen LogP contribution in [0.2, 0.25) is 0 Å². The molecule has 0 saturated carbocycles. The summed E-state index contributed by atoms with van der Waals surface area (Å²) in [6.07, 6.45) is 2.42. The molecule has 0 bridgehead atoms. The van der Waals surface area contributed by atoms with Gasteiger partial charge in [0.2, 0.25) is 5.91 Å². The number of carbonyl (C=O) groups excluding carboxylic acids is 1. The number of nitrogens with zero attached hydrogens (tertiary/aromatic N) is 2. The zero-order valence-corrected chi connectivity index (χ0v) is 12.2. The Balaban J connectivity index is 2.15. The van der Waals surface area contributed by atoms with Crippen molar-refractivity contribution in [1.29, 1.82) is 0 Å². The molecule has 2 aromatic rings. The molecule has 20 heavy (non-hydrogen) atoms. The zero-order chi connectivity index (χ0) is 14.7. The molecule has 0 unspecified atom stereocenters. The number of oxazole rings is 1. The van der Waals surface area contributed by atoms with Crippen LogP contribution in [-0.2, 0) is 18.3 Å². The average molecular weight is 276 g/mol. The van der Waals surface area contributed by atoms with Crippen molar-refractivity contribution in [2.75, 3.05) is 13.6 Å². The lowest BCUT2D eigenvalue weighted by Crippen LogP contribution is -2.29. The number of likely N-dealkylation sites (N-methyl/N-ethyl adjacent to an activating group) is 1. The van der Waals surface area contributed by atoms with Gasteiger partial charge in [0, 0.05) is 20.6 Å². The number of fused-ring (bicyclic) bond motifs is 1. The van der Waals surface area contributed by atoms with Gasteiger partial charge < -0.3 is 9.32 Å².